The van der Waals surface area contributed by atoms with Gasteiger partial charge in [-0.15, -0.1) is 0 Å². The molecular formula is C20H23N5O2. The fourth-order valence-corrected chi connectivity index (χ4v) is 2.59. The van der Waals surface area contributed by atoms with Crippen molar-refractivity contribution in [3.05, 3.63) is 66.1 Å². The predicted molar refractivity (Wildman–Crippen MR) is 104 cm³/mol. The molecule has 1 unspecified atom stereocenters. The number of aromatic nitrogens is 3. The molecule has 0 saturated carbocycles. The molecule has 0 aliphatic heterocycles. The van der Waals surface area contributed by atoms with E-state index in [4.69, 9.17) is 10.5 Å². The predicted octanol–water partition coefficient (Wildman–Crippen LogP) is 2.40. The van der Waals surface area contributed by atoms with Gasteiger partial charge in [0.15, 0.2) is 0 Å². The summed E-state index contributed by atoms with van der Waals surface area (Å²) < 4.78 is 7.46. The summed E-state index contributed by atoms with van der Waals surface area (Å²) in [5, 5.41) is 6.99. The van der Waals surface area contributed by atoms with E-state index < -0.39 is 0 Å². The molecule has 0 radical (unpaired) electrons. The Labute approximate surface area is 158 Å². The van der Waals surface area contributed by atoms with Crippen LogP contribution in [-0.4, -0.2) is 33.3 Å². The van der Waals surface area contributed by atoms with Crippen molar-refractivity contribution in [3.8, 4) is 11.1 Å². The number of hydrogen-bond donors (Lipinski definition) is 2. The van der Waals surface area contributed by atoms with E-state index in [2.05, 4.69) is 15.4 Å². The van der Waals surface area contributed by atoms with E-state index in [0.29, 0.717) is 18.7 Å². The summed E-state index contributed by atoms with van der Waals surface area (Å²) in [6, 6.07) is 11.6. The number of benzene rings is 1. The second-order valence-electron chi connectivity index (χ2n) is 6.38. The SMILES string of the molecule is CC(CNC(=O)c1cc(-c2cnn(C)c2)cnc1N)OCc1ccccc1. The molecule has 0 aliphatic carbocycles. The van der Waals surface area contributed by atoms with Crippen LogP contribution in [0.15, 0.2) is 55.0 Å². The zero-order chi connectivity index (χ0) is 19.2. The summed E-state index contributed by atoms with van der Waals surface area (Å²) >= 11 is 0. The monoisotopic (exact) mass is 365 g/mol. The van der Waals surface area contributed by atoms with Gasteiger partial charge in [0, 0.05) is 37.1 Å². The molecule has 1 aromatic carbocycles. The highest BCUT2D eigenvalue weighted by molar-refractivity contribution is 5.99. The number of ether oxygens (including phenoxy) is 1. The quantitative estimate of drug-likeness (QED) is 0.670. The maximum absolute atomic E-state index is 12.5. The lowest BCUT2D eigenvalue weighted by atomic mass is 10.1. The fraction of sp³-hybridized carbons (Fsp3) is 0.250. The molecule has 140 valence electrons. The maximum Gasteiger partial charge on any atom is 0.255 e. The Balaban J connectivity index is 1.59. The van der Waals surface area contributed by atoms with Gasteiger partial charge in [-0.05, 0) is 18.6 Å². The van der Waals surface area contributed by atoms with Crippen LogP contribution in [0.5, 0.6) is 0 Å². The summed E-state index contributed by atoms with van der Waals surface area (Å²) in [5.41, 5.74) is 8.98. The van der Waals surface area contributed by atoms with Crippen LogP contribution < -0.4 is 11.1 Å². The molecule has 0 aliphatic rings. The Kier molecular flexibility index (Phi) is 5.83. The largest absolute Gasteiger partial charge is 0.383 e. The summed E-state index contributed by atoms with van der Waals surface area (Å²) in [5.74, 6) is -0.0844. The zero-order valence-corrected chi connectivity index (χ0v) is 15.4. The Hall–Kier alpha value is -3.19. The van der Waals surface area contributed by atoms with Crippen LogP contribution in [0, 0.1) is 0 Å². The van der Waals surface area contributed by atoms with E-state index in [1.165, 1.54) is 0 Å². The molecule has 0 saturated heterocycles. The third kappa shape index (κ3) is 4.92. The lowest BCUT2D eigenvalue weighted by Crippen LogP contribution is -2.32. The number of nitrogens with zero attached hydrogens (tertiary/aromatic N) is 3. The van der Waals surface area contributed by atoms with Gasteiger partial charge in [0.05, 0.1) is 24.5 Å². The maximum atomic E-state index is 12.5. The van der Waals surface area contributed by atoms with E-state index in [0.717, 1.165) is 16.7 Å². The topological polar surface area (TPSA) is 95.1 Å². The van der Waals surface area contributed by atoms with Crippen molar-refractivity contribution in [1.82, 2.24) is 20.1 Å². The number of amides is 1. The van der Waals surface area contributed by atoms with Crippen LogP contribution in [0.3, 0.4) is 0 Å². The highest BCUT2D eigenvalue weighted by Crippen LogP contribution is 2.21. The minimum absolute atomic E-state index is 0.134. The van der Waals surface area contributed by atoms with Crippen molar-refractivity contribution in [1.29, 1.82) is 0 Å². The average molecular weight is 365 g/mol. The van der Waals surface area contributed by atoms with Crippen LogP contribution in [-0.2, 0) is 18.4 Å². The van der Waals surface area contributed by atoms with Crippen molar-refractivity contribution in [2.45, 2.75) is 19.6 Å². The molecule has 3 rings (SSSR count). The van der Waals surface area contributed by atoms with E-state index >= 15 is 0 Å². The number of nitrogens with two attached hydrogens (primary N) is 1. The molecule has 0 bridgehead atoms. The normalized spacial score (nSPS) is 11.9. The number of carbonyl (C=O) groups is 1. The molecular weight excluding hydrogens is 342 g/mol. The first kappa shape index (κ1) is 18.6. The van der Waals surface area contributed by atoms with E-state index in [1.54, 1.807) is 23.1 Å². The Morgan fingerprint density at radius 2 is 2.04 bits per heavy atom. The van der Waals surface area contributed by atoms with Crippen molar-refractivity contribution < 1.29 is 9.53 Å². The van der Waals surface area contributed by atoms with E-state index in [9.17, 15) is 4.79 Å². The summed E-state index contributed by atoms with van der Waals surface area (Å²) in [4.78, 5) is 16.7. The van der Waals surface area contributed by atoms with Gasteiger partial charge >= 0.3 is 0 Å². The summed E-state index contributed by atoms with van der Waals surface area (Å²) in [7, 11) is 1.83. The molecule has 2 aromatic heterocycles. The number of nitrogens with one attached hydrogen (secondary N) is 1. The van der Waals surface area contributed by atoms with Gasteiger partial charge in [0.2, 0.25) is 0 Å². The molecule has 2 heterocycles. The third-order valence-electron chi connectivity index (χ3n) is 4.13. The molecule has 0 fully saturated rings. The number of nitrogen functional groups attached to an aromatic ring is 1. The molecule has 1 amide bonds. The van der Waals surface area contributed by atoms with Crippen LogP contribution >= 0.6 is 0 Å². The molecule has 3 aromatic rings. The van der Waals surface area contributed by atoms with Crippen LogP contribution in [0.2, 0.25) is 0 Å². The minimum atomic E-state index is -0.277. The molecule has 7 heteroatoms. The van der Waals surface area contributed by atoms with Gasteiger partial charge in [0.1, 0.15) is 5.82 Å². The summed E-state index contributed by atoms with van der Waals surface area (Å²) in [6.07, 6.45) is 5.07. The number of anilines is 1. The van der Waals surface area contributed by atoms with Gasteiger partial charge in [-0.25, -0.2) is 4.98 Å². The van der Waals surface area contributed by atoms with Gasteiger partial charge < -0.3 is 15.8 Å². The number of rotatable bonds is 7. The smallest absolute Gasteiger partial charge is 0.255 e. The molecule has 27 heavy (non-hydrogen) atoms. The first-order valence-electron chi connectivity index (χ1n) is 8.71. The Bertz CT molecular complexity index is 908. The Morgan fingerprint density at radius 1 is 1.26 bits per heavy atom. The second kappa shape index (κ2) is 8.46. The van der Waals surface area contributed by atoms with Gasteiger partial charge in [-0.2, -0.15) is 5.10 Å². The minimum Gasteiger partial charge on any atom is -0.383 e. The summed E-state index contributed by atoms with van der Waals surface area (Å²) in [6.45, 7) is 2.79. The van der Waals surface area contributed by atoms with Crippen molar-refractivity contribution in [2.24, 2.45) is 7.05 Å². The van der Waals surface area contributed by atoms with E-state index in [1.807, 2.05) is 50.5 Å². The second-order valence-corrected chi connectivity index (χ2v) is 6.38. The number of pyridine rings is 1. The highest BCUT2D eigenvalue weighted by atomic mass is 16.5. The first-order valence-corrected chi connectivity index (χ1v) is 8.71. The zero-order valence-electron chi connectivity index (χ0n) is 15.4. The van der Waals surface area contributed by atoms with Crippen molar-refractivity contribution in [2.75, 3.05) is 12.3 Å². The number of carbonyl (C=O) groups excluding carboxylic acids is 1. The van der Waals surface area contributed by atoms with Crippen LogP contribution in [0.4, 0.5) is 5.82 Å². The molecule has 7 nitrogen and oxygen atoms in total. The number of aryl methyl sites for hydroxylation is 1. The lowest BCUT2D eigenvalue weighted by molar-refractivity contribution is 0.0509. The molecule has 0 spiro atoms. The highest BCUT2D eigenvalue weighted by Gasteiger charge is 2.14. The van der Waals surface area contributed by atoms with Crippen molar-refractivity contribution in [3.63, 3.8) is 0 Å². The lowest BCUT2D eigenvalue weighted by Gasteiger charge is -2.15. The fourth-order valence-electron chi connectivity index (χ4n) is 2.59. The standard InChI is InChI=1S/C20H23N5O2/c1-14(27-13-15-6-4-3-5-7-15)9-23-20(26)18-8-16(10-22-19(18)21)17-11-24-25(2)12-17/h3-8,10-12,14H,9,13H2,1-2H3,(H2,21,22)(H,23,26). The average Bonchev–Trinajstić information content (AvgIpc) is 3.12. The van der Waals surface area contributed by atoms with Gasteiger partial charge in [-0.1, -0.05) is 30.3 Å². The first-order chi connectivity index (χ1) is 13.0. The van der Waals surface area contributed by atoms with Crippen molar-refractivity contribution >= 4 is 11.7 Å². The van der Waals surface area contributed by atoms with Gasteiger partial charge in [0.25, 0.3) is 5.91 Å². The molecule has 1 atom stereocenters. The molecule has 3 N–H and O–H groups in total. The number of hydrogen-bond acceptors (Lipinski definition) is 5. The van der Waals surface area contributed by atoms with E-state index in [-0.39, 0.29) is 17.8 Å². The van der Waals surface area contributed by atoms with Gasteiger partial charge in [-0.3, -0.25) is 9.48 Å². The van der Waals surface area contributed by atoms with Crippen LogP contribution in [0.25, 0.3) is 11.1 Å². The van der Waals surface area contributed by atoms with Crippen LogP contribution in [0.1, 0.15) is 22.8 Å². The Morgan fingerprint density at radius 3 is 2.74 bits per heavy atom. The third-order valence-corrected chi connectivity index (χ3v) is 4.13.